The van der Waals surface area contributed by atoms with E-state index >= 15 is 0 Å². The van der Waals surface area contributed by atoms with Crippen LogP contribution in [0.2, 0.25) is 0 Å². The number of anilines is 2. The minimum atomic E-state index is -4.12. The SMILES string of the molecule is COC1CNCCN1N(c1ccccc1)c1cc2c(cn1)cnn2S(=O)(=O)c1ccccc1C#N. The first kappa shape index (κ1) is 22.9. The number of rotatable bonds is 6. The number of ether oxygens (including phenoxy) is 1. The van der Waals surface area contributed by atoms with Crippen LogP contribution in [0.1, 0.15) is 5.56 Å². The van der Waals surface area contributed by atoms with Crippen molar-refractivity contribution < 1.29 is 13.2 Å². The van der Waals surface area contributed by atoms with Gasteiger partial charge in [-0.1, -0.05) is 30.3 Å². The molecule has 10 nitrogen and oxygen atoms in total. The molecule has 1 N–H and O–H groups in total. The number of hydrogen-bond acceptors (Lipinski definition) is 9. The van der Waals surface area contributed by atoms with Gasteiger partial charge >= 0.3 is 0 Å². The molecule has 0 saturated carbocycles. The molecule has 2 aromatic heterocycles. The van der Waals surface area contributed by atoms with Crippen LogP contribution in [-0.4, -0.2) is 60.6 Å². The molecule has 0 radical (unpaired) electrons. The molecule has 5 rings (SSSR count). The van der Waals surface area contributed by atoms with Crippen LogP contribution in [0, 0.1) is 11.3 Å². The van der Waals surface area contributed by atoms with Crippen LogP contribution in [0.4, 0.5) is 11.5 Å². The van der Waals surface area contributed by atoms with Crippen molar-refractivity contribution >= 4 is 32.4 Å². The van der Waals surface area contributed by atoms with E-state index in [-0.39, 0.29) is 16.7 Å². The van der Waals surface area contributed by atoms with E-state index in [0.717, 1.165) is 16.3 Å². The summed E-state index contributed by atoms with van der Waals surface area (Å²) in [7, 11) is -2.47. The van der Waals surface area contributed by atoms with E-state index in [0.29, 0.717) is 29.8 Å². The topological polar surface area (TPSA) is 116 Å². The summed E-state index contributed by atoms with van der Waals surface area (Å²) in [6, 6.07) is 19.4. The van der Waals surface area contributed by atoms with E-state index in [4.69, 9.17) is 4.74 Å². The first-order valence-corrected chi connectivity index (χ1v) is 12.4. The molecule has 1 aliphatic heterocycles. The lowest BCUT2D eigenvalue weighted by atomic mass is 10.2. The number of benzene rings is 2. The maximum atomic E-state index is 13.5. The van der Waals surface area contributed by atoms with Gasteiger partial charge in [-0.25, -0.2) is 4.98 Å². The quantitative estimate of drug-likeness (QED) is 0.436. The number of methoxy groups -OCH3 is 1. The zero-order chi connectivity index (χ0) is 24.4. The number of nitriles is 1. The Morgan fingerprint density at radius 1 is 1.14 bits per heavy atom. The van der Waals surface area contributed by atoms with E-state index in [1.165, 1.54) is 18.3 Å². The van der Waals surface area contributed by atoms with Crippen molar-refractivity contribution in [1.82, 2.24) is 24.5 Å². The van der Waals surface area contributed by atoms with E-state index in [1.54, 1.807) is 31.5 Å². The van der Waals surface area contributed by atoms with Gasteiger partial charge in [0.05, 0.1) is 23.0 Å². The normalized spacial score (nSPS) is 16.7. The first-order valence-electron chi connectivity index (χ1n) is 11.0. The number of hydrogen-bond donors (Lipinski definition) is 1. The number of nitrogens with zero attached hydrogens (tertiary/aromatic N) is 6. The van der Waals surface area contributed by atoms with Crippen molar-refractivity contribution in [3.63, 3.8) is 0 Å². The predicted molar refractivity (Wildman–Crippen MR) is 130 cm³/mol. The Balaban J connectivity index is 1.66. The fourth-order valence-electron chi connectivity index (χ4n) is 4.15. The van der Waals surface area contributed by atoms with Gasteiger partial charge in [-0.3, -0.25) is 5.01 Å². The highest BCUT2D eigenvalue weighted by Crippen LogP contribution is 2.31. The van der Waals surface area contributed by atoms with Gasteiger partial charge < -0.3 is 10.1 Å². The summed E-state index contributed by atoms with van der Waals surface area (Å²) in [5.74, 6) is 0.512. The molecule has 0 bridgehead atoms. The summed E-state index contributed by atoms with van der Waals surface area (Å²) in [5, 5.41) is 21.5. The van der Waals surface area contributed by atoms with E-state index < -0.39 is 10.0 Å². The summed E-state index contributed by atoms with van der Waals surface area (Å²) in [6.07, 6.45) is 2.80. The molecule has 1 atom stereocenters. The monoisotopic (exact) mass is 489 g/mol. The Hall–Kier alpha value is -3.82. The number of hydrazine groups is 1. The van der Waals surface area contributed by atoms with Gasteiger partial charge in [0, 0.05) is 44.4 Å². The second-order valence-corrected chi connectivity index (χ2v) is 9.64. The Morgan fingerprint density at radius 3 is 2.69 bits per heavy atom. The summed E-state index contributed by atoms with van der Waals surface area (Å²) in [5.41, 5.74) is 1.26. The Labute approximate surface area is 203 Å². The number of nitrogens with one attached hydrogen (secondary N) is 1. The third kappa shape index (κ3) is 4.13. The summed E-state index contributed by atoms with van der Waals surface area (Å²) in [6.45, 7) is 2.03. The van der Waals surface area contributed by atoms with Crippen LogP contribution in [0.25, 0.3) is 10.9 Å². The summed E-state index contributed by atoms with van der Waals surface area (Å²) < 4.78 is 33.7. The molecular formula is C24H23N7O3S. The Morgan fingerprint density at radius 2 is 1.91 bits per heavy atom. The maximum absolute atomic E-state index is 13.5. The molecule has 4 aromatic rings. The third-order valence-electron chi connectivity index (χ3n) is 5.83. The van der Waals surface area contributed by atoms with Crippen molar-refractivity contribution in [1.29, 1.82) is 5.26 Å². The second kappa shape index (κ2) is 9.44. The van der Waals surface area contributed by atoms with Crippen molar-refractivity contribution in [2.75, 3.05) is 31.8 Å². The van der Waals surface area contributed by atoms with Gasteiger partial charge in [0.2, 0.25) is 0 Å². The van der Waals surface area contributed by atoms with E-state index in [9.17, 15) is 13.7 Å². The van der Waals surface area contributed by atoms with Crippen molar-refractivity contribution in [3.8, 4) is 6.07 Å². The average molecular weight is 490 g/mol. The van der Waals surface area contributed by atoms with Gasteiger partial charge in [-0.05, 0) is 24.3 Å². The van der Waals surface area contributed by atoms with E-state index in [2.05, 4.69) is 20.4 Å². The van der Waals surface area contributed by atoms with Gasteiger partial charge in [0.25, 0.3) is 10.0 Å². The Kier molecular flexibility index (Phi) is 6.19. The molecule has 0 amide bonds. The fourth-order valence-corrected chi connectivity index (χ4v) is 5.57. The summed E-state index contributed by atoms with van der Waals surface area (Å²) in [4.78, 5) is 4.53. The Bertz CT molecular complexity index is 1500. The molecule has 11 heteroatoms. The highest BCUT2D eigenvalue weighted by atomic mass is 32.2. The first-order chi connectivity index (χ1) is 17.0. The summed E-state index contributed by atoms with van der Waals surface area (Å²) >= 11 is 0. The number of fused-ring (bicyclic) bond motifs is 1. The number of para-hydroxylation sites is 1. The number of aromatic nitrogens is 3. The smallest absolute Gasteiger partial charge is 0.284 e. The highest BCUT2D eigenvalue weighted by molar-refractivity contribution is 7.90. The lowest BCUT2D eigenvalue weighted by Gasteiger charge is -2.42. The van der Waals surface area contributed by atoms with Crippen LogP contribution < -0.4 is 10.3 Å². The van der Waals surface area contributed by atoms with Gasteiger partial charge in [0.1, 0.15) is 23.0 Å². The van der Waals surface area contributed by atoms with Crippen molar-refractivity contribution in [3.05, 3.63) is 78.6 Å². The minimum Gasteiger partial charge on any atom is -0.363 e. The molecule has 0 spiro atoms. The lowest BCUT2D eigenvalue weighted by Crippen LogP contribution is -2.58. The molecule has 178 valence electrons. The fraction of sp³-hybridized carbons (Fsp3) is 0.208. The van der Waals surface area contributed by atoms with Crippen LogP contribution in [0.5, 0.6) is 0 Å². The largest absolute Gasteiger partial charge is 0.363 e. The van der Waals surface area contributed by atoms with Crippen molar-refractivity contribution in [2.24, 2.45) is 0 Å². The standard InChI is InChI=1S/C24H23N7O3S/c1-34-24-17-26-11-12-29(24)30(20-8-3-2-4-9-20)23-13-21-19(15-27-23)16-28-31(21)35(32,33)22-10-6-5-7-18(22)14-25/h2-10,13,15-16,24,26H,11-12,17H2,1H3. The van der Waals surface area contributed by atoms with E-state index in [1.807, 2.05) is 41.4 Å². The lowest BCUT2D eigenvalue weighted by molar-refractivity contribution is -0.0458. The molecular weight excluding hydrogens is 466 g/mol. The molecule has 1 aliphatic rings. The van der Waals surface area contributed by atoms with Gasteiger partial charge in [0.15, 0.2) is 0 Å². The molecule has 1 unspecified atom stereocenters. The zero-order valence-corrected chi connectivity index (χ0v) is 19.8. The van der Waals surface area contributed by atoms with Gasteiger partial charge in [-0.15, -0.1) is 0 Å². The third-order valence-corrected chi connectivity index (χ3v) is 7.49. The number of piperazine rings is 1. The second-order valence-electron chi connectivity index (χ2n) is 7.91. The van der Waals surface area contributed by atoms with Gasteiger partial charge in [-0.2, -0.15) is 27.9 Å². The zero-order valence-electron chi connectivity index (χ0n) is 18.9. The predicted octanol–water partition coefficient (Wildman–Crippen LogP) is 2.47. The molecule has 1 saturated heterocycles. The molecule has 2 aromatic carbocycles. The van der Waals surface area contributed by atoms with Crippen LogP contribution >= 0.6 is 0 Å². The average Bonchev–Trinajstić information content (AvgIpc) is 3.34. The van der Waals surface area contributed by atoms with Crippen molar-refractivity contribution in [2.45, 2.75) is 11.1 Å². The molecule has 1 fully saturated rings. The van der Waals surface area contributed by atoms with Crippen LogP contribution in [0.15, 0.2) is 78.0 Å². The van der Waals surface area contributed by atoms with Crippen LogP contribution in [0.3, 0.4) is 0 Å². The maximum Gasteiger partial charge on any atom is 0.284 e. The minimum absolute atomic E-state index is 0.0556. The van der Waals surface area contributed by atoms with Crippen LogP contribution in [-0.2, 0) is 14.8 Å². The highest BCUT2D eigenvalue weighted by Gasteiger charge is 2.30. The molecule has 35 heavy (non-hydrogen) atoms. The number of pyridine rings is 1. The molecule has 3 heterocycles. The molecule has 0 aliphatic carbocycles.